The van der Waals surface area contributed by atoms with Crippen LogP contribution in [0.25, 0.3) is 11.4 Å². The van der Waals surface area contributed by atoms with Gasteiger partial charge >= 0.3 is 12.1 Å². The zero-order valence-electron chi connectivity index (χ0n) is 26.4. The SMILES string of the molecule is COc1ccc(-c2nnn(C3C[C@H]4C(=O)N[C@@]5(C(=O)O)C[C@H]5C=CCCCCC[C@@H](NC(=O)OC(C)(C)C)C(=O)N4C3)n2)cc1Cl. The van der Waals surface area contributed by atoms with Crippen LogP contribution >= 0.6 is 11.6 Å². The fourth-order valence-corrected chi connectivity index (χ4v) is 6.25. The number of nitrogens with zero attached hydrogens (tertiary/aromatic N) is 5. The van der Waals surface area contributed by atoms with Crippen molar-refractivity contribution >= 4 is 35.5 Å². The summed E-state index contributed by atoms with van der Waals surface area (Å²) in [5.74, 6) is -1.77. The quantitative estimate of drug-likeness (QED) is 0.403. The predicted octanol–water partition coefficient (Wildman–Crippen LogP) is 3.52. The Morgan fingerprint density at radius 3 is 2.67 bits per heavy atom. The van der Waals surface area contributed by atoms with Crippen LogP contribution in [0.15, 0.2) is 30.4 Å². The highest BCUT2D eigenvalue weighted by Crippen LogP contribution is 2.45. The smallest absolute Gasteiger partial charge is 0.408 e. The largest absolute Gasteiger partial charge is 0.495 e. The highest BCUT2D eigenvalue weighted by atomic mass is 35.5. The number of hydrogen-bond donors (Lipinski definition) is 3. The highest BCUT2D eigenvalue weighted by molar-refractivity contribution is 6.32. The number of allylic oxidation sites excluding steroid dienone is 1. The molecular formula is C31H40ClN7O7. The molecule has 1 aliphatic carbocycles. The van der Waals surface area contributed by atoms with Gasteiger partial charge < -0.3 is 30.1 Å². The zero-order chi connectivity index (χ0) is 33.2. The van der Waals surface area contributed by atoms with Gasteiger partial charge in [0.2, 0.25) is 17.6 Å². The van der Waals surface area contributed by atoms with E-state index in [9.17, 15) is 24.3 Å². The Hall–Kier alpha value is -4.20. The number of halogens is 1. The van der Waals surface area contributed by atoms with Gasteiger partial charge in [-0.1, -0.05) is 36.6 Å². The van der Waals surface area contributed by atoms with E-state index in [4.69, 9.17) is 21.1 Å². The number of carbonyl (C=O) groups is 4. The van der Waals surface area contributed by atoms with Gasteiger partial charge in [-0.3, -0.25) is 9.59 Å². The van der Waals surface area contributed by atoms with Gasteiger partial charge in [0.15, 0.2) is 0 Å². The second-order valence-electron chi connectivity index (χ2n) is 13.0. The van der Waals surface area contributed by atoms with Gasteiger partial charge in [0.25, 0.3) is 0 Å². The third kappa shape index (κ3) is 7.27. The molecule has 1 aromatic heterocycles. The number of carboxylic acids is 1. The summed E-state index contributed by atoms with van der Waals surface area (Å²) in [6, 6.07) is 2.50. The number of nitrogens with one attached hydrogen (secondary N) is 2. The maximum absolute atomic E-state index is 14.2. The second-order valence-corrected chi connectivity index (χ2v) is 13.4. The van der Waals surface area contributed by atoms with Gasteiger partial charge in [-0.2, -0.15) is 4.80 Å². The lowest BCUT2D eigenvalue weighted by atomic mass is 10.0. The van der Waals surface area contributed by atoms with Gasteiger partial charge in [-0.25, -0.2) is 9.59 Å². The minimum atomic E-state index is -1.44. The first-order valence-corrected chi connectivity index (χ1v) is 15.8. The van der Waals surface area contributed by atoms with E-state index in [-0.39, 0.29) is 31.1 Å². The monoisotopic (exact) mass is 657 g/mol. The molecular weight excluding hydrogens is 618 g/mol. The minimum Gasteiger partial charge on any atom is -0.495 e. The lowest BCUT2D eigenvalue weighted by Gasteiger charge is -2.30. The van der Waals surface area contributed by atoms with Crippen LogP contribution < -0.4 is 15.4 Å². The van der Waals surface area contributed by atoms with E-state index >= 15 is 0 Å². The molecule has 1 saturated carbocycles. The lowest BCUT2D eigenvalue weighted by Crippen LogP contribution is -2.56. The number of aliphatic carboxylic acids is 1. The predicted molar refractivity (Wildman–Crippen MR) is 166 cm³/mol. The molecule has 248 valence electrons. The molecule has 5 rings (SSSR count). The lowest BCUT2D eigenvalue weighted by molar-refractivity contribution is -0.145. The first kappa shape index (κ1) is 33.2. The Kier molecular flexibility index (Phi) is 9.57. The molecule has 3 aliphatic rings. The number of benzene rings is 1. The van der Waals surface area contributed by atoms with Crippen molar-refractivity contribution in [1.29, 1.82) is 0 Å². The zero-order valence-corrected chi connectivity index (χ0v) is 27.1. The van der Waals surface area contributed by atoms with Crippen molar-refractivity contribution in [3.63, 3.8) is 0 Å². The van der Waals surface area contributed by atoms with Crippen LogP contribution in [0, 0.1) is 5.92 Å². The summed E-state index contributed by atoms with van der Waals surface area (Å²) in [7, 11) is 1.51. The van der Waals surface area contributed by atoms with E-state index in [2.05, 4.69) is 26.0 Å². The van der Waals surface area contributed by atoms with Crippen LogP contribution in [0.2, 0.25) is 5.02 Å². The number of carbonyl (C=O) groups excluding carboxylic acids is 3. The third-order valence-electron chi connectivity index (χ3n) is 8.49. The molecule has 15 heteroatoms. The topological polar surface area (TPSA) is 178 Å². The first-order chi connectivity index (χ1) is 21.8. The normalized spacial score (nSPS) is 27.0. The van der Waals surface area contributed by atoms with Crippen molar-refractivity contribution in [3.8, 4) is 17.1 Å². The molecule has 46 heavy (non-hydrogen) atoms. The number of rotatable bonds is 5. The van der Waals surface area contributed by atoms with E-state index in [1.165, 1.54) is 16.8 Å². The number of tetrazole rings is 1. The summed E-state index contributed by atoms with van der Waals surface area (Å²) >= 11 is 6.29. The average Bonchev–Trinajstić information content (AvgIpc) is 3.31. The molecule has 1 aromatic carbocycles. The molecule has 3 N–H and O–H groups in total. The van der Waals surface area contributed by atoms with Crippen LogP contribution in [-0.4, -0.2) is 91.0 Å². The maximum Gasteiger partial charge on any atom is 0.408 e. The summed E-state index contributed by atoms with van der Waals surface area (Å²) in [6.07, 6.45) is 6.78. The molecule has 2 fully saturated rings. The molecule has 1 saturated heterocycles. The third-order valence-corrected chi connectivity index (χ3v) is 8.79. The van der Waals surface area contributed by atoms with Gasteiger partial charge in [0, 0.05) is 24.4 Å². The molecule has 0 bridgehead atoms. The Labute approximate surface area is 271 Å². The maximum atomic E-state index is 14.2. The first-order valence-electron chi connectivity index (χ1n) is 15.5. The average molecular weight is 658 g/mol. The second kappa shape index (κ2) is 13.3. The van der Waals surface area contributed by atoms with Crippen molar-refractivity contribution in [3.05, 3.63) is 35.4 Å². The van der Waals surface area contributed by atoms with E-state index in [0.29, 0.717) is 29.2 Å². The number of alkyl carbamates (subject to hydrolysis) is 1. The standard InChI is InChI=1S/C31H40ClN7O7/c1-30(2,3)46-29(44)33-22-11-9-7-5-6-8-10-19-16-31(19,28(42)43)34-26(40)23-15-20(17-38(23)27(22)41)39-36-25(35-37-39)18-12-13-24(45-4)21(32)14-18/h8,10,12-14,19-20,22-23H,5-7,9,11,15-17H2,1-4H3,(H,33,44)(H,34,40)(H,42,43)/t19-,20?,22-,23+,31+/m1/s1. The van der Waals surface area contributed by atoms with Crippen molar-refractivity contribution in [2.24, 2.45) is 5.92 Å². The van der Waals surface area contributed by atoms with E-state index in [1.807, 2.05) is 12.2 Å². The fourth-order valence-electron chi connectivity index (χ4n) is 6.00. The number of methoxy groups -OCH3 is 1. The van der Waals surface area contributed by atoms with Crippen LogP contribution in [0.1, 0.15) is 71.8 Å². The summed E-state index contributed by atoms with van der Waals surface area (Å²) < 4.78 is 10.7. The molecule has 5 atom stereocenters. The molecule has 0 radical (unpaired) electrons. The van der Waals surface area contributed by atoms with E-state index in [0.717, 1.165) is 19.3 Å². The van der Waals surface area contributed by atoms with Crippen molar-refractivity contribution < 1.29 is 33.8 Å². The number of ether oxygens (including phenoxy) is 2. The number of fused-ring (bicyclic) bond motifs is 2. The number of carboxylic acid groups (broad SMARTS) is 1. The van der Waals surface area contributed by atoms with E-state index < -0.39 is 53.1 Å². The Morgan fingerprint density at radius 2 is 1.98 bits per heavy atom. The molecule has 3 heterocycles. The summed E-state index contributed by atoms with van der Waals surface area (Å²) in [5.41, 5.74) is -1.63. The fraction of sp³-hybridized carbons (Fsp3) is 0.581. The number of aromatic nitrogens is 4. The van der Waals surface area contributed by atoms with Crippen molar-refractivity contribution in [1.82, 2.24) is 35.7 Å². The Morgan fingerprint density at radius 1 is 1.20 bits per heavy atom. The highest BCUT2D eigenvalue weighted by Gasteiger charge is 2.61. The van der Waals surface area contributed by atoms with Gasteiger partial charge in [-0.15, -0.1) is 10.2 Å². The molecule has 14 nitrogen and oxygen atoms in total. The van der Waals surface area contributed by atoms with Crippen LogP contribution in [-0.2, 0) is 19.1 Å². The number of hydrogen-bond acceptors (Lipinski definition) is 9. The van der Waals surface area contributed by atoms with Crippen LogP contribution in [0.4, 0.5) is 4.79 Å². The molecule has 3 amide bonds. The van der Waals surface area contributed by atoms with Crippen molar-refractivity contribution in [2.75, 3.05) is 13.7 Å². The van der Waals surface area contributed by atoms with Crippen LogP contribution in [0.3, 0.4) is 0 Å². The Balaban J connectivity index is 1.44. The molecule has 2 aliphatic heterocycles. The Bertz CT molecular complexity index is 1520. The van der Waals surface area contributed by atoms with Gasteiger partial charge in [0.05, 0.1) is 18.2 Å². The minimum absolute atomic E-state index is 0.0337. The number of amides is 3. The van der Waals surface area contributed by atoms with Crippen LogP contribution in [0.5, 0.6) is 5.75 Å². The molecule has 1 unspecified atom stereocenters. The van der Waals surface area contributed by atoms with Gasteiger partial charge in [0.1, 0.15) is 29.0 Å². The molecule has 2 aromatic rings. The van der Waals surface area contributed by atoms with Crippen molar-refractivity contribution in [2.45, 2.75) is 95.0 Å². The summed E-state index contributed by atoms with van der Waals surface area (Å²) in [5, 5.41) is 28.8. The van der Waals surface area contributed by atoms with Gasteiger partial charge in [-0.05, 0) is 69.9 Å². The summed E-state index contributed by atoms with van der Waals surface area (Å²) in [4.78, 5) is 55.9. The summed E-state index contributed by atoms with van der Waals surface area (Å²) in [6.45, 7) is 5.22. The molecule has 0 spiro atoms. The van der Waals surface area contributed by atoms with E-state index in [1.54, 1.807) is 39.0 Å².